The molecule has 0 aliphatic carbocycles. The van der Waals surface area contributed by atoms with Crippen molar-refractivity contribution in [1.82, 2.24) is 4.90 Å². The Hall–Kier alpha value is -1.75. The average Bonchev–Trinajstić information content (AvgIpc) is 2.54. The molecule has 0 saturated carbocycles. The molecule has 0 spiro atoms. The fraction of sp³-hybridized carbons (Fsp3) is 0.562. The van der Waals surface area contributed by atoms with E-state index in [2.05, 4.69) is 11.8 Å². The van der Waals surface area contributed by atoms with Crippen LogP contribution in [0.25, 0.3) is 0 Å². The second-order valence-corrected chi connectivity index (χ2v) is 5.87. The number of likely N-dealkylation sites (tertiary alicyclic amines) is 1. The molecule has 1 fully saturated rings. The molecule has 21 heavy (non-hydrogen) atoms. The Morgan fingerprint density at radius 1 is 1.29 bits per heavy atom. The van der Waals surface area contributed by atoms with Crippen LogP contribution in [0.5, 0.6) is 11.5 Å². The predicted molar refractivity (Wildman–Crippen MR) is 79.3 cm³/mol. The van der Waals surface area contributed by atoms with Gasteiger partial charge in [0.15, 0.2) is 11.5 Å². The quantitative estimate of drug-likeness (QED) is 0.914. The lowest BCUT2D eigenvalue weighted by molar-refractivity contribution is -0.123. The number of nitrogens with two attached hydrogens (primary N) is 1. The fourth-order valence-electron chi connectivity index (χ4n) is 3.10. The summed E-state index contributed by atoms with van der Waals surface area (Å²) in [6, 6.07) is 8.02. The third-order valence-corrected chi connectivity index (χ3v) is 4.58. The molecule has 114 valence electrons. The van der Waals surface area contributed by atoms with E-state index in [1.54, 1.807) is 0 Å². The van der Waals surface area contributed by atoms with Crippen LogP contribution in [0.3, 0.4) is 0 Å². The SMILES string of the molecule is CC(C1COc2ccccc2O1)N1CCC(C(N)=O)CC1. The van der Waals surface area contributed by atoms with Crippen molar-refractivity contribution in [3.8, 4) is 11.5 Å². The largest absolute Gasteiger partial charge is 0.486 e. The molecule has 2 heterocycles. The van der Waals surface area contributed by atoms with E-state index in [1.165, 1.54) is 0 Å². The van der Waals surface area contributed by atoms with Gasteiger partial charge in [0, 0.05) is 12.0 Å². The average molecular weight is 290 g/mol. The van der Waals surface area contributed by atoms with Crippen LogP contribution in [-0.4, -0.2) is 42.6 Å². The fourth-order valence-corrected chi connectivity index (χ4v) is 3.10. The first-order chi connectivity index (χ1) is 10.1. The maximum Gasteiger partial charge on any atom is 0.220 e. The van der Waals surface area contributed by atoms with Crippen molar-refractivity contribution in [2.45, 2.75) is 31.9 Å². The summed E-state index contributed by atoms with van der Waals surface area (Å²) < 4.78 is 11.8. The maximum absolute atomic E-state index is 11.2. The number of nitrogens with zero attached hydrogens (tertiary/aromatic N) is 1. The van der Waals surface area contributed by atoms with Gasteiger partial charge in [-0.1, -0.05) is 12.1 Å². The van der Waals surface area contributed by atoms with Gasteiger partial charge in [0.1, 0.15) is 12.7 Å². The molecule has 2 unspecified atom stereocenters. The van der Waals surface area contributed by atoms with Gasteiger partial charge in [-0.2, -0.15) is 0 Å². The van der Waals surface area contributed by atoms with Crippen molar-refractivity contribution in [2.24, 2.45) is 11.7 Å². The molecule has 5 heteroatoms. The molecule has 1 amide bonds. The van der Waals surface area contributed by atoms with Crippen molar-refractivity contribution in [1.29, 1.82) is 0 Å². The van der Waals surface area contributed by atoms with Gasteiger partial charge in [0.2, 0.25) is 5.91 Å². The standard InChI is InChI=1S/C16H22N2O3/c1-11(18-8-6-12(7-9-18)16(17)19)15-10-20-13-4-2-3-5-14(13)21-15/h2-5,11-12,15H,6-10H2,1H3,(H2,17,19). The van der Waals surface area contributed by atoms with Gasteiger partial charge in [0.05, 0.1) is 0 Å². The predicted octanol–water partition coefficient (Wildman–Crippen LogP) is 1.41. The summed E-state index contributed by atoms with van der Waals surface area (Å²) in [5.74, 6) is 1.48. The number of fused-ring (bicyclic) bond motifs is 1. The Balaban J connectivity index is 1.60. The molecule has 0 aromatic heterocycles. The molecule has 3 rings (SSSR count). The first-order valence-electron chi connectivity index (χ1n) is 7.57. The zero-order valence-corrected chi connectivity index (χ0v) is 12.3. The summed E-state index contributed by atoms with van der Waals surface area (Å²) in [5.41, 5.74) is 5.38. The minimum Gasteiger partial charge on any atom is -0.486 e. The summed E-state index contributed by atoms with van der Waals surface area (Å²) in [7, 11) is 0. The van der Waals surface area contributed by atoms with Gasteiger partial charge < -0.3 is 15.2 Å². The van der Waals surface area contributed by atoms with Crippen LogP contribution >= 0.6 is 0 Å². The van der Waals surface area contributed by atoms with Crippen LogP contribution in [0.15, 0.2) is 24.3 Å². The molecule has 2 N–H and O–H groups in total. The summed E-state index contributed by atoms with van der Waals surface area (Å²) >= 11 is 0. The maximum atomic E-state index is 11.2. The van der Waals surface area contributed by atoms with Crippen molar-refractivity contribution < 1.29 is 14.3 Å². The van der Waals surface area contributed by atoms with Gasteiger partial charge in [-0.05, 0) is 45.0 Å². The number of para-hydroxylation sites is 2. The number of carbonyl (C=O) groups is 1. The van der Waals surface area contributed by atoms with E-state index < -0.39 is 0 Å². The van der Waals surface area contributed by atoms with Crippen LogP contribution in [0, 0.1) is 5.92 Å². The van der Waals surface area contributed by atoms with Crippen molar-refractivity contribution in [3.63, 3.8) is 0 Å². The number of rotatable bonds is 3. The second kappa shape index (κ2) is 5.93. The molecule has 2 aliphatic rings. The Bertz CT molecular complexity index is 512. The number of hydrogen-bond acceptors (Lipinski definition) is 4. The van der Waals surface area contributed by atoms with E-state index in [1.807, 2.05) is 24.3 Å². The zero-order valence-electron chi connectivity index (χ0n) is 12.3. The summed E-state index contributed by atoms with van der Waals surface area (Å²) in [6.45, 7) is 4.49. The van der Waals surface area contributed by atoms with Crippen LogP contribution in [0.2, 0.25) is 0 Å². The molecule has 0 bridgehead atoms. The Labute approximate surface area is 125 Å². The summed E-state index contributed by atoms with van der Waals surface area (Å²) in [4.78, 5) is 13.6. The normalized spacial score (nSPS) is 24.5. The minimum atomic E-state index is -0.173. The van der Waals surface area contributed by atoms with E-state index in [4.69, 9.17) is 15.2 Å². The highest BCUT2D eigenvalue weighted by Gasteiger charge is 2.33. The van der Waals surface area contributed by atoms with Crippen molar-refractivity contribution in [3.05, 3.63) is 24.3 Å². The number of benzene rings is 1. The van der Waals surface area contributed by atoms with E-state index in [9.17, 15) is 4.79 Å². The van der Waals surface area contributed by atoms with E-state index in [0.29, 0.717) is 6.61 Å². The third-order valence-electron chi connectivity index (χ3n) is 4.58. The number of hydrogen-bond donors (Lipinski definition) is 1. The van der Waals surface area contributed by atoms with E-state index >= 15 is 0 Å². The van der Waals surface area contributed by atoms with Crippen LogP contribution in [-0.2, 0) is 4.79 Å². The third kappa shape index (κ3) is 2.97. The van der Waals surface area contributed by atoms with Gasteiger partial charge in [-0.15, -0.1) is 0 Å². The molecule has 0 radical (unpaired) electrons. The summed E-state index contributed by atoms with van der Waals surface area (Å²) in [6.07, 6.45) is 1.69. The van der Waals surface area contributed by atoms with Crippen molar-refractivity contribution in [2.75, 3.05) is 19.7 Å². The lowest BCUT2D eigenvalue weighted by Gasteiger charge is -2.40. The number of primary amides is 1. The van der Waals surface area contributed by atoms with Crippen LogP contribution in [0.4, 0.5) is 0 Å². The smallest absolute Gasteiger partial charge is 0.220 e. The molecule has 1 aromatic carbocycles. The van der Waals surface area contributed by atoms with Crippen molar-refractivity contribution >= 4 is 5.91 Å². The van der Waals surface area contributed by atoms with Gasteiger partial charge >= 0.3 is 0 Å². The number of ether oxygens (including phenoxy) is 2. The highest BCUT2D eigenvalue weighted by atomic mass is 16.6. The van der Waals surface area contributed by atoms with Crippen LogP contribution in [0.1, 0.15) is 19.8 Å². The number of piperidine rings is 1. The van der Waals surface area contributed by atoms with Gasteiger partial charge in [-0.25, -0.2) is 0 Å². The first kappa shape index (κ1) is 14.2. The van der Waals surface area contributed by atoms with E-state index in [0.717, 1.165) is 37.4 Å². The lowest BCUT2D eigenvalue weighted by atomic mass is 9.94. The Morgan fingerprint density at radius 2 is 1.95 bits per heavy atom. The molecule has 2 aliphatic heterocycles. The molecule has 2 atom stereocenters. The first-order valence-corrected chi connectivity index (χ1v) is 7.57. The molecule has 1 saturated heterocycles. The number of carbonyl (C=O) groups excluding carboxylic acids is 1. The molecule has 5 nitrogen and oxygen atoms in total. The highest BCUT2D eigenvalue weighted by Crippen LogP contribution is 2.32. The Kier molecular flexibility index (Phi) is 4.01. The Morgan fingerprint density at radius 3 is 2.62 bits per heavy atom. The monoisotopic (exact) mass is 290 g/mol. The second-order valence-electron chi connectivity index (χ2n) is 5.87. The minimum absolute atomic E-state index is 0.0185. The topological polar surface area (TPSA) is 64.8 Å². The van der Waals surface area contributed by atoms with Crippen LogP contribution < -0.4 is 15.2 Å². The van der Waals surface area contributed by atoms with Gasteiger partial charge in [-0.3, -0.25) is 9.69 Å². The van der Waals surface area contributed by atoms with Gasteiger partial charge in [0.25, 0.3) is 0 Å². The molecular formula is C16H22N2O3. The number of amides is 1. The molecular weight excluding hydrogens is 268 g/mol. The molecule has 1 aromatic rings. The lowest BCUT2D eigenvalue weighted by Crippen LogP contribution is -2.51. The highest BCUT2D eigenvalue weighted by molar-refractivity contribution is 5.76. The zero-order chi connectivity index (χ0) is 14.8. The summed E-state index contributed by atoms with van der Waals surface area (Å²) in [5, 5.41) is 0. The van der Waals surface area contributed by atoms with E-state index in [-0.39, 0.29) is 24.0 Å².